The molecule has 4 rings (SSSR count). The standard InChI is InChI=1S/C29H31N3O4/c1-5-34-25-17-21(18-26(35-6-2)28(25)36-7-3)29(33)31-30-19-23-22-15-11-12-16-24(22)32(4)27(23)20-13-9-8-10-14-20/h8-19H,5-7H2,1-4H3,(H,31,33)/b30-19+. The Morgan fingerprint density at radius 1 is 0.889 bits per heavy atom. The average Bonchev–Trinajstić information content (AvgIpc) is 3.18. The third-order valence-corrected chi connectivity index (χ3v) is 5.72. The van der Waals surface area contributed by atoms with E-state index in [0.29, 0.717) is 42.6 Å². The van der Waals surface area contributed by atoms with Gasteiger partial charge in [-0.15, -0.1) is 0 Å². The predicted octanol–water partition coefficient (Wildman–Crippen LogP) is 5.81. The summed E-state index contributed by atoms with van der Waals surface area (Å²) in [6.45, 7) is 6.95. The maximum atomic E-state index is 13.1. The molecule has 36 heavy (non-hydrogen) atoms. The number of amides is 1. The molecule has 0 aliphatic rings. The van der Waals surface area contributed by atoms with Crippen molar-refractivity contribution in [3.63, 3.8) is 0 Å². The quantitative estimate of drug-likeness (QED) is 0.227. The lowest BCUT2D eigenvalue weighted by atomic mass is 10.1. The molecule has 0 spiro atoms. The zero-order valence-corrected chi connectivity index (χ0v) is 21.1. The molecule has 1 aromatic heterocycles. The van der Waals surface area contributed by atoms with Crippen LogP contribution in [0.25, 0.3) is 22.2 Å². The van der Waals surface area contributed by atoms with Crippen molar-refractivity contribution in [1.29, 1.82) is 0 Å². The van der Waals surface area contributed by atoms with Gasteiger partial charge in [0.15, 0.2) is 11.5 Å². The minimum absolute atomic E-state index is 0.365. The van der Waals surface area contributed by atoms with Gasteiger partial charge >= 0.3 is 0 Å². The van der Waals surface area contributed by atoms with Gasteiger partial charge in [-0.05, 0) is 44.5 Å². The topological polar surface area (TPSA) is 74.1 Å². The summed E-state index contributed by atoms with van der Waals surface area (Å²) in [4.78, 5) is 13.1. The minimum atomic E-state index is -0.377. The summed E-state index contributed by atoms with van der Waals surface area (Å²) in [6, 6.07) is 21.6. The average molecular weight is 486 g/mol. The van der Waals surface area contributed by atoms with Gasteiger partial charge in [-0.1, -0.05) is 48.5 Å². The highest BCUT2D eigenvalue weighted by molar-refractivity contribution is 6.07. The van der Waals surface area contributed by atoms with Crippen LogP contribution in [0.15, 0.2) is 71.8 Å². The maximum Gasteiger partial charge on any atom is 0.271 e. The maximum absolute atomic E-state index is 13.1. The van der Waals surface area contributed by atoms with Gasteiger partial charge in [0, 0.05) is 29.1 Å². The monoisotopic (exact) mass is 485 g/mol. The summed E-state index contributed by atoms with van der Waals surface area (Å²) in [5.41, 5.74) is 7.12. The Balaban J connectivity index is 1.67. The number of carbonyl (C=O) groups excluding carboxylic acids is 1. The summed E-state index contributed by atoms with van der Waals surface area (Å²) in [5, 5.41) is 5.38. The summed E-state index contributed by atoms with van der Waals surface area (Å²) in [5.74, 6) is 1.03. The molecule has 1 N–H and O–H groups in total. The van der Waals surface area contributed by atoms with E-state index in [-0.39, 0.29) is 5.91 Å². The summed E-state index contributed by atoms with van der Waals surface area (Å²) in [6.07, 6.45) is 1.70. The van der Waals surface area contributed by atoms with Gasteiger partial charge in [0.2, 0.25) is 5.75 Å². The summed E-state index contributed by atoms with van der Waals surface area (Å²) < 4.78 is 19.3. The van der Waals surface area contributed by atoms with Crippen molar-refractivity contribution in [1.82, 2.24) is 9.99 Å². The third-order valence-electron chi connectivity index (χ3n) is 5.72. The highest BCUT2D eigenvalue weighted by atomic mass is 16.5. The molecule has 1 amide bonds. The van der Waals surface area contributed by atoms with E-state index < -0.39 is 0 Å². The van der Waals surface area contributed by atoms with Crippen LogP contribution in [-0.2, 0) is 7.05 Å². The van der Waals surface area contributed by atoms with Crippen molar-refractivity contribution in [3.8, 4) is 28.5 Å². The summed E-state index contributed by atoms with van der Waals surface area (Å²) >= 11 is 0. The van der Waals surface area contributed by atoms with E-state index in [1.807, 2.05) is 58.2 Å². The Bertz CT molecular complexity index is 1350. The van der Waals surface area contributed by atoms with Crippen molar-refractivity contribution in [2.24, 2.45) is 12.1 Å². The first-order valence-electron chi connectivity index (χ1n) is 12.1. The van der Waals surface area contributed by atoms with Crippen molar-refractivity contribution in [3.05, 3.63) is 77.9 Å². The lowest BCUT2D eigenvalue weighted by Gasteiger charge is -2.16. The van der Waals surface area contributed by atoms with Crippen LogP contribution >= 0.6 is 0 Å². The lowest BCUT2D eigenvalue weighted by molar-refractivity contribution is 0.0954. The largest absolute Gasteiger partial charge is 0.490 e. The van der Waals surface area contributed by atoms with Gasteiger partial charge in [0.1, 0.15) is 0 Å². The number of hydrogen-bond donors (Lipinski definition) is 1. The van der Waals surface area contributed by atoms with Crippen LogP contribution in [0.2, 0.25) is 0 Å². The van der Waals surface area contributed by atoms with Crippen LogP contribution in [0.4, 0.5) is 0 Å². The molecule has 7 nitrogen and oxygen atoms in total. The van der Waals surface area contributed by atoms with E-state index >= 15 is 0 Å². The zero-order chi connectivity index (χ0) is 25.5. The number of hydrogen-bond acceptors (Lipinski definition) is 5. The smallest absolute Gasteiger partial charge is 0.271 e. The van der Waals surface area contributed by atoms with Gasteiger partial charge in [-0.3, -0.25) is 4.79 Å². The first kappa shape index (κ1) is 24.9. The molecule has 0 unspecified atom stereocenters. The zero-order valence-electron chi connectivity index (χ0n) is 21.1. The molecular formula is C29H31N3O4. The Kier molecular flexibility index (Phi) is 7.90. The van der Waals surface area contributed by atoms with Crippen LogP contribution in [0.1, 0.15) is 36.7 Å². The second-order valence-corrected chi connectivity index (χ2v) is 8.00. The molecule has 0 fully saturated rings. The number of para-hydroxylation sites is 1. The Morgan fingerprint density at radius 2 is 1.50 bits per heavy atom. The van der Waals surface area contributed by atoms with Crippen LogP contribution in [-0.4, -0.2) is 36.5 Å². The van der Waals surface area contributed by atoms with E-state index in [9.17, 15) is 4.79 Å². The van der Waals surface area contributed by atoms with Crippen molar-refractivity contribution >= 4 is 23.0 Å². The molecule has 4 aromatic rings. The number of hydrazone groups is 1. The van der Waals surface area contributed by atoms with E-state index in [0.717, 1.165) is 27.7 Å². The van der Waals surface area contributed by atoms with Gasteiger partial charge in [-0.2, -0.15) is 5.10 Å². The van der Waals surface area contributed by atoms with Gasteiger partial charge in [0.05, 0.1) is 31.7 Å². The van der Waals surface area contributed by atoms with E-state index in [4.69, 9.17) is 14.2 Å². The number of ether oxygens (including phenoxy) is 3. The SMILES string of the molecule is CCOc1cc(C(=O)N/N=C/c2c(-c3ccccc3)n(C)c3ccccc23)cc(OCC)c1OCC. The minimum Gasteiger partial charge on any atom is -0.490 e. The molecule has 0 radical (unpaired) electrons. The van der Waals surface area contributed by atoms with Crippen LogP contribution in [0, 0.1) is 0 Å². The number of nitrogens with one attached hydrogen (secondary N) is 1. The molecule has 0 saturated heterocycles. The first-order chi connectivity index (χ1) is 17.6. The molecule has 0 aliphatic heterocycles. The number of rotatable bonds is 10. The van der Waals surface area contributed by atoms with Crippen LogP contribution in [0.3, 0.4) is 0 Å². The van der Waals surface area contributed by atoms with Crippen molar-refractivity contribution < 1.29 is 19.0 Å². The summed E-state index contributed by atoms with van der Waals surface area (Å²) in [7, 11) is 2.03. The molecular weight excluding hydrogens is 454 g/mol. The van der Waals surface area contributed by atoms with Crippen LogP contribution < -0.4 is 19.6 Å². The van der Waals surface area contributed by atoms with Gasteiger partial charge in [0.25, 0.3) is 5.91 Å². The predicted molar refractivity (Wildman–Crippen MR) is 143 cm³/mol. The van der Waals surface area contributed by atoms with E-state index in [1.54, 1.807) is 18.3 Å². The molecule has 0 saturated carbocycles. The number of fused-ring (bicyclic) bond motifs is 1. The first-order valence-corrected chi connectivity index (χ1v) is 12.1. The van der Waals surface area contributed by atoms with E-state index in [1.165, 1.54) is 0 Å². The molecule has 1 heterocycles. The molecule has 7 heteroatoms. The molecule has 0 bridgehead atoms. The lowest BCUT2D eigenvalue weighted by Crippen LogP contribution is -2.18. The molecule has 186 valence electrons. The highest BCUT2D eigenvalue weighted by Crippen LogP contribution is 2.39. The number of benzene rings is 3. The number of carbonyl (C=O) groups is 1. The van der Waals surface area contributed by atoms with E-state index in [2.05, 4.69) is 39.4 Å². The number of nitrogens with zero attached hydrogens (tertiary/aromatic N) is 2. The Morgan fingerprint density at radius 3 is 2.14 bits per heavy atom. The Hall–Kier alpha value is -4.26. The molecule has 0 aliphatic carbocycles. The Labute approximate surface area is 211 Å². The second-order valence-electron chi connectivity index (χ2n) is 8.00. The number of aryl methyl sites for hydroxylation is 1. The van der Waals surface area contributed by atoms with Gasteiger partial charge < -0.3 is 18.8 Å². The fourth-order valence-electron chi connectivity index (χ4n) is 4.24. The van der Waals surface area contributed by atoms with Crippen molar-refractivity contribution in [2.75, 3.05) is 19.8 Å². The molecule has 0 atom stereocenters. The van der Waals surface area contributed by atoms with Gasteiger partial charge in [-0.25, -0.2) is 5.43 Å². The van der Waals surface area contributed by atoms with Crippen molar-refractivity contribution in [2.45, 2.75) is 20.8 Å². The number of aromatic nitrogens is 1. The third kappa shape index (κ3) is 5.05. The normalized spacial score (nSPS) is 11.1. The second kappa shape index (κ2) is 11.4. The van der Waals surface area contributed by atoms with Crippen LogP contribution in [0.5, 0.6) is 17.2 Å². The fourth-order valence-corrected chi connectivity index (χ4v) is 4.24. The molecule has 3 aromatic carbocycles. The fraction of sp³-hybridized carbons (Fsp3) is 0.241. The highest BCUT2D eigenvalue weighted by Gasteiger charge is 2.19.